The van der Waals surface area contributed by atoms with Gasteiger partial charge < -0.3 is 4.74 Å². The molecule has 37 heavy (non-hydrogen) atoms. The number of alkyl halides is 15. The minimum absolute atomic E-state index is 0.269. The van der Waals surface area contributed by atoms with Crippen molar-refractivity contribution in [3.05, 3.63) is 12.2 Å². The van der Waals surface area contributed by atoms with Crippen LogP contribution in [0.3, 0.4) is 0 Å². The van der Waals surface area contributed by atoms with Gasteiger partial charge in [-0.3, -0.25) is 0 Å². The van der Waals surface area contributed by atoms with E-state index in [9.17, 15) is 70.7 Å². The standard InChI is InChI=1S/C20H23F15O2/c1-2-3-4-5-6-7-8-9-10-11-12-37-13(36)14(21,22)15(23,24)16(25,26)17(27,28)18(29,30)19(31,32)20(33,34)35/h10-11H,2-9,12H2,1H3/b11-10+. The van der Waals surface area contributed by atoms with Crippen LogP contribution in [0.5, 0.6) is 0 Å². The number of hydrogen-bond acceptors (Lipinski definition) is 2. The third-order valence-electron chi connectivity index (χ3n) is 5.04. The van der Waals surface area contributed by atoms with E-state index in [4.69, 9.17) is 0 Å². The Morgan fingerprint density at radius 2 is 0.973 bits per heavy atom. The molecule has 17 heteroatoms. The molecule has 0 fully saturated rings. The molecule has 0 bridgehead atoms. The Hall–Kier alpha value is -1.84. The van der Waals surface area contributed by atoms with Crippen LogP contribution in [-0.2, 0) is 9.53 Å². The molecule has 0 aromatic carbocycles. The summed E-state index contributed by atoms with van der Waals surface area (Å²) in [5.41, 5.74) is 0. The molecule has 2 nitrogen and oxygen atoms in total. The molecule has 0 rings (SSSR count). The summed E-state index contributed by atoms with van der Waals surface area (Å²) in [5, 5.41) is 0. The molecular weight excluding hydrogens is 557 g/mol. The first-order valence-corrected chi connectivity index (χ1v) is 10.6. The molecule has 220 valence electrons. The minimum atomic E-state index is -8.44. The van der Waals surface area contributed by atoms with Gasteiger partial charge in [0, 0.05) is 0 Å². The molecular formula is C20H23F15O2. The minimum Gasteiger partial charge on any atom is -0.457 e. The maximum atomic E-state index is 13.6. The first-order valence-electron chi connectivity index (χ1n) is 10.6. The van der Waals surface area contributed by atoms with Gasteiger partial charge in [0.05, 0.1) is 0 Å². The van der Waals surface area contributed by atoms with Gasteiger partial charge in [-0.2, -0.15) is 65.9 Å². The lowest BCUT2D eigenvalue weighted by Crippen LogP contribution is -2.73. The van der Waals surface area contributed by atoms with Crippen molar-refractivity contribution in [1.29, 1.82) is 0 Å². The molecule has 0 amide bonds. The Bertz CT molecular complexity index is 757. The summed E-state index contributed by atoms with van der Waals surface area (Å²) >= 11 is 0. The highest BCUT2D eigenvalue weighted by Gasteiger charge is 2.94. The van der Waals surface area contributed by atoms with Gasteiger partial charge in [0.2, 0.25) is 0 Å². The van der Waals surface area contributed by atoms with E-state index in [0.717, 1.165) is 44.6 Å². The molecule has 0 aromatic rings. The van der Waals surface area contributed by atoms with Crippen LogP contribution in [0.15, 0.2) is 12.2 Å². The van der Waals surface area contributed by atoms with Crippen molar-refractivity contribution in [1.82, 2.24) is 0 Å². The van der Waals surface area contributed by atoms with E-state index in [1.54, 1.807) is 0 Å². The van der Waals surface area contributed by atoms with Crippen LogP contribution >= 0.6 is 0 Å². The number of unbranched alkanes of at least 4 members (excludes halogenated alkanes) is 7. The molecule has 0 aliphatic rings. The first kappa shape index (κ1) is 35.2. The number of halogens is 15. The molecule has 0 saturated heterocycles. The van der Waals surface area contributed by atoms with E-state index in [2.05, 4.69) is 4.74 Å². The van der Waals surface area contributed by atoms with E-state index in [1.165, 1.54) is 6.08 Å². The zero-order chi connectivity index (χ0) is 29.6. The number of ether oxygens (including phenoxy) is 1. The van der Waals surface area contributed by atoms with Crippen molar-refractivity contribution in [2.45, 2.75) is 100 Å². The molecule has 0 radical (unpaired) electrons. The van der Waals surface area contributed by atoms with Gasteiger partial charge >= 0.3 is 47.7 Å². The zero-order valence-electron chi connectivity index (χ0n) is 19.0. The largest absolute Gasteiger partial charge is 0.460 e. The first-order chi connectivity index (χ1) is 16.5. The summed E-state index contributed by atoms with van der Waals surface area (Å²) in [6.45, 7) is 0.707. The van der Waals surface area contributed by atoms with Gasteiger partial charge in [-0.15, -0.1) is 0 Å². The monoisotopic (exact) mass is 580 g/mol. The molecule has 0 saturated carbocycles. The van der Waals surface area contributed by atoms with Crippen LogP contribution in [0.4, 0.5) is 65.9 Å². The fourth-order valence-corrected chi connectivity index (χ4v) is 2.71. The fraction of sp³-hybridized carbons (Fsp3) is 0.850. The normalized spacial score (nSPS) is 14.9. The maximum absolute atomic E-state index is 13.6. The van der Waals surface area contributed by atoms with Crippen LogP contribution in [0.1, 0.15) is 58.3 Å². The zero-order valence-corrected chi connectivity index (χ0v) is 19.0. The molecule has 0 atom stereocenters. The van der Waals surface area contributed by atoms with Crippen LogP contribution < -0.4 is 0 Å². The number of allylic oxidation sites excluding steroid dienone is 1. The highest BCUT2D eigenvalue weighted by molar-refractivity contribution is 5.79. The SMILES string of the molecule is CCCCCCCCC/C=C/COC(=O)C(F)(F)C(F)(F)C(F)(F)C(F)(F)C(F)(F)C(F)(F)C(F)(F)F. The molecule has 0 spiro atoms. The summed E-state index contributed by atoms with van der Waals surface area (Å²) in [6.07, 6.45) is 0.717. The highest BCUT2D eigenvalue weighted by atomic mass is 19.4. The summed E-state index contributed by atoms with van der Waals surface area (Å²) in [4.78, 5) is 11.2. The summed E-state index contributed by atoms with van der Waals surface area (Å²) < 4.78 is 200. The predicted octanol–water partition coefficient (Wildman–Crippen LogP) is 8.60. The average molecular weight is 580 g/mol. The second-order valence-corrected chi connectivity index (χ2v) is 7.92. The van der Waals surface area contributed by atoms with Crippen LogP contribution in [0.2, 0.25) is 0 Å². The summed E-state index contributed by atoms with van der Waals surface area (Å²) in [5.74, 6) is -51.8. The van der Waals surface area contributed by atoms with Crippen LogP contribution in [-0.4, -0.2) is 54.3 Å². The van der Waals surface area contributed by atoms with Crippen molar-refractivity contribution in [3.63, 3.8) is 0 Å². The Kier molecular flexibility index (Phi) is 11.7. The summed E-state index contributed by atoms with van der Waals surface area (Å²) in [6, 6.07) is 0. The number of rotatable bonds is 16. The number of esters is 1. The lowest BCUT2D eigenvalue weighted by Gasteiger charge is -2.40. The Morgan fingerprint density at radius 1 is 0.568 bits per heavy atom. The van der Waals surface area contributed by atoms with Gasteiger partial charge in [0.25, 0.3) is 0 Å². The second kappa shape index (κ2) is 12.3. The Morgan fingerprint density at radius 3 is 1.43 bits per heavy atom. The van der Waals surface area contributed by atoms with Gasteiger partial charge in [-0.05, 0) is 12.8 Å². The Balaban J connectivity index is 5.41. The Labute approximate surface area is 201 Å². The number of hydrogen-bond donors (Lipinski definition) is 0. The quantitative estimate of drug-likeness (QED) is 0.0791. The second-order valence-electron chi connectivity index (χ2n) is 7.92. The topological polar surface area (TPSA) is 26.3 Å². The number of carbonyl (C=O) groups is 1. The van der Waals surface area contributed by atoms with E-state index < -0.39 is 54.3 Å². The third-order valence-corrected chi connectivity index (χ3v) is 5.04. The van der Waals surface area contributed by atoms with E-state index in [0.29, 0.717) is 6.42 Å². The lowest BCUT2D eigenvalue weighted by atomic mass is 9.91. The fourth-order valence-electron chi connectivity index (χ4n) is 2.71. The summed E-state index contributed by atoms with van der Waals surface area (Å²) in [7, 11) is 0. The van der Waals surface area contributed by atoms with Crippen LogP contribution in [0, 0.1) is 0 Å². The van der Waals surface area contributed by atoms with Crippen LogP contribution in [0.25, 0.3) is 0 Å². The molecule has 0 aromatic heterocycles. The maximum Gasteiger partial charge on any atom is 0.460 e. The average Bonchev–Trinajstić information content (AvgIpc) is 2.75. The van der Waals surface area contributed by atoms with E-state index in [1.807, 2.05) is 6.92 Å². The molecule has 0 aliphatic heterocycles. The lowest BCUT2D eigenvalue weighted by molar-refractivity contribution is -0.450. The van der Waals surface area contributed by atoms with Crippen molar-refractivity contribution in [2.75, 3.05) is 6.61 Å². The van der Waals surface area contributed by atoms with Crippen molar-refractivity contribution in [2.24, 2.45) is 0 Å². The molecule has 0 aliphatic carbocycles. The molecule has 0 heterocycles. The predicted molar refractivity (Wildman–Crippen MR) is 98.4 cm³/mol. The third kappa shape index (κ3) is 6.98. The molecule has 0 unspecified atom stereocenters. The van der Waals surface area contributed by atoms with Gasteiger partial charge in [0.1, 0.15) is 6.61 Å². The number of carbonyl (C=O) groups excluding carboxylic acids is 1. The van der Waals surface area contributed by atoms with Crippen molar-refractivity contribution < 1.29 is 75.4 Å². The molecule has 0 N–H and O–H groups in total. The van der Waals surface area contributed by atoms with Gasteiger partial charge in [-0.25, -0.2) is 4.79 Å². The highest BCUT2D eigenvalue weighted by Crippen LogP contribution is 2.62. The van der Waals surface area contributed by atoms with Gasteiger partial charge in [-0.1, -0.05) is 57.6 Å². The van der Waals surface area contributed by atoms with Crippen molar-refractivity contribution >= 4 is 5.97 Å². The van der Waals surface area contributed by atoms with Gasteiger partial charge in [0.15, 0.2) is 0 Å². The van der Waals surface area contributed by atoms with Crippen molar-refractivity contribution in [3.8, 4) is 0 Å². The van der Waals surface area contributed by atoms with E-state index >= 15 is 0 Å². The van der Waals surface area contributed by atoms with E-state index in [-0.39, 0.29) is 6.42 Å². The smallest absolute Gasteiger partial charge is 0.457 e.